The van der Waals surface area contributed by atoms with Crippen molar-refractivity contribution in [3.8, 4) is 0 Å². The first-order valence-corrected chi connectivity index (χ1v) is 10.8. The van der Waals surface area contributed by atoms with Crippen LogP contribution in [0.2, 0.25) is 0 Å². The highest BCUT2D eigenvalue weighted by atomic mass is 32.1. The lowest BCUT2D eigenvalue weighted by Crippen LogP contribution is -2.49. The molecule has 3 heterocycles. The van der Waals surface area contributed by atoms with Gasteiger partial charge < -0.3 is 9.80 Å². The van der Waals surface area contributed by atoms with Crippen LogP contribution in [0.3, 0.4) is 0 Å². The van der Waals surface area contributed by atoms with E-state index in [9.17, 15) is 4.79 Å². The number of hydrogen-bond acceptors (Lipinski definition) is 4. The number of carbonyl (C=O) groups excluding carboxylic acids is 1. The first-order valence-electron chi connectivity index (χ1n) is 10.0. The molecule has 140 valence electrons. The minimum Gasteiger partial charge on any atom is -0.335 e. The maximum atomic E-state index is 12.8. The van der Waals surface area contributed by atoms with E-state index in [1.807, 2.05) is 23.1 Å². The molecule has 1 aromatic heterocycles. The molecule has 0 bridgehead atoms. The molecule has 5 heteroatoms. The van der Waals surface area contributed by atoms with Crippen molar-refractivity contribution in [1.82, 2.24) is 14.7 Å². The maximum absolute atomic E-state index is 12.8. The van der Waals surface area contributed by atoms with E-state index in [4.69, 9.17) is 0 Å². The zero-order chi connectivity index (χ0) is 17.8. The van der Waals surface area contributed by atoms with Gasteiger partial charge in [0.15, 0.2) is 0 Å². The lowest BCUT2D eigenvalue weighted by atomic mass is 10.1. The van der Waals surface area contributed by atoms with Gasteiger partial charge >= 0.3 is 0 Å². The van der Waals surface area contributed by atoms with E-state index in [0.717, 1.165) is 31.1 Å². The third kappa shape index (κ3) is 4.27. The third-order valence-electron chi connectivity index (χ3n) is 5.69. The smallest absolute Gasteiger partial charge is 0.264 e. The van der Waals surface area contributed by atoms with Crippen LogP contribution < -0.4 is 0 Å². The van der Waals surface area contributed by atoms with Gasteiger partial charge in [-0.25, -0.2) is 0 Å². The van der Waals surface area contributed by atoms with Gasteiger partial charge in [0.05, 0.1) is 4.88 Å². The number of nitrogens with zero attached hydrogens (tertiary/aromatic N) is 3. The number of piperidine rings is 1. The summed E-state index contributed by atoms with van der Waals surface area (Å²) in [7, 11) is 0. The second-order valence-electron chi connectivity index (χ2n) is 7.54. The summed E-state index contributed by atoms with van der Waals surface area (Å²) in [6, 6.07) is 10.3. The quantitative estimate of drug-likeness (QED) is 0.804. The van der Waals surface area contributed by atoms with Crippen LogP contribution in [-0.2, 0) is 0 Å². The number of benzene rings is 1. The minimum absolute atomic E-state index is 0.208. The summed E-state index contributed by atoms with van der Waals surface area (Å²) in [6.07, 6.45) is 5.41. The molecule has 0 unspecified atom stereocenters. The molecule has 0 saturated carbocycles. The topological polar surface area (TPSA) is 26.8 Å². The standard InChI is InChI=1S/C21H29N3OS/c25-21(20-17-18-7-2-3-8-19(18)26-20)24-15-13-23(14-16-24)12-6-11-22-9-4-1-5-10-22/h2-3,7-8,17H,1,4-6,9-16H2. The van der Waals surface area contributed by atoms with Gasteiger partial charge in [0, 0.05) is 30.9 Å². The van der Waals surface area contributed by atoms with Crippen LogP contribution in [0.15, 0.2) is 30.3 Å². The van der Waals surface area contributed by atoms with Gasteiger partial charge in [0.1, 0.15) is 0 Å². The average molecular weight is 372 g/mol. The summed E-state index contributed by atoms with van der Waals surface area (Å²) >= 11 is 1.62. The molecule has 0 aliphatic carbocycles. The first-order chi connectivity index (χ1) is 12.8. The lowest BCUT2D eigenvalue weighted by molar-refractivity contribution is 0.0635. The Bertz CT molecular complexity index is 697. The molecule has 0 spiro atoms. The van der Waals surface area contributed by atoms with Crippen molar-refractivity contribution in [2.24, 2.45) is 0 Å². The summed E-state index contributed by atoms with van der Waals surface area (Å²) < 4.78 is 1.20. The number of rotatable bonds is 5. The zero-order valence-corrected chi connectivity index (χ0v) is 16.3. The summed E-state index contributed by atoms with van der Waals surface area (Å²) in [5, 5.41) is 1.18. The SMILES string of the molecule is O=C(c1cc2ccccc2s1)N1CCN(CCCN2CCCCC2)CC1. The minimum atomic E-state index is 0.208. The number of thiophene rings is 1. The van der Waals surface area contributed by atoms with Gasteiger partial charge in [-0.15, -0.1) is 11.3 Å². The molecule has 0 radical (unpaired) electrons. The normalized spacial score (nSPS) is 19.9. The Balaban J connectivity index is 1.23. The van der Waals surface area contributed by atoms with Crippen molar-refractivity contribution in [3.63, 3.8) is 0 Å². The number of piperazine rings is 1. The summed E-state index contributed by atoms with van der Waals surface area (Å²) in [5.41, 5.74) is 0. The van der Waals surface area contributed by atoms with Gasteiger partial charge in [0.25, 0.3) is 5.91 Å². The Morgan fingerprint density at radius 3 is 2.31 bits per heavy atom. The Morgan fingerprint density at radius 1 is 0.885 bits per heavy atom. The van der Waals surface area contributed by atoms with Crippen molar-refractivity contribution in [2.45, 2.75) is 25.7 Å². The number of likely N-dealkylation sites (tertiary alicyclic amines) is 1. The van der Waals surface area contributed by atoms with Crippen LogP contribution in [0, 0.1) is 0 Å². The number of fused-ring (bicyclic) bond motifs is 1. The molecule has 2 aliphatic heterocycles. The Morgan fingerprint density at radius 2 is 1.58 bits per heavy atom. The zero-order valence-electron chi connectivity index (χ0n) is 15.5. The van der Waals surface area contributed by atoms with Gasteiger partial charge in [-0.3, -0.25) is 9.69 Å². The summed E-state index contributed by atoms with van der Waals surface area (Å²) in [5.74, 6) is 0.208. The molecule has 26 heavy (non-hydrogen) atoms. The Hall–Kier alpha value is -1.43. The Labute approximate surface area is 160 Å². The highest BCUT2D eigenvalue weighted by Gasteiger charge is 2.23. The Kier molecular flexibility index (Phi) is 5.88. The van der Waals surface area contributed by atoms with Crippen LogP contribution in [0.1, 0.15) is 35.4 Å². The van der Waals surface area contributed by atoms with E-state index in [1.54, 1.807) is 11.3 Å². The molecule has 2 fully saturated rings. The molecule has 4 nitrogen and oxygen atoms in total. The van der Waals surface area contributed by atoms with Gasteiger partial charge in [-0.2, -0.15) is 0 Å². The maximum Gasteiger partial charge on any atom is 0.264 e. The molecule has 4 rings (SSSR count). The molecule has 1 amide bonds. The highest BCUT2D eigenvalue weighted by Crippen LogP contribution is 2.26. The molecule has 0 atom stereocenters. The lowest BCUT2D eigenvalue weighted by Gasteiger charge is -2.35. The summed E-state index contributed by atoms with van der Waals surface area (Å²) in [6.45, 7) is 8.72. The highest BCUT2D eigenvalue weighted by molar-refractivity contribution is 7.20. The van der Waals surface area contributed by atoms with E-state index in [-0.39, 0.29) is 5.91 Å². The molecule has 2 saturated heterocycles. The molecule has 2 aromatic rings. The molecule has 2 aliphatic rings. The fourth-order valence-electron chi connectivity index (χ4n) is 4.12. The fourth-order valence-corrected chi connectivity index (χ4v) is 5.15. The molecular formula is C21H29N3OS. The predicted octanol–water partition coefficient (Wildman–Crippen LogP) is 3.54. The van der Waals surface area contributed by atoms with Crippen LogP contribution in [-0.4, -0.2) is 73.0 Å². The molecule has 0 N–H and O–H groups in total. The monoisotopic (exact) mass is 371 g/mol. The second-order valence-corrected chi connectivity index (χ2v) is 8.62. The van der Waals surface area contributed by atoms with Crippen molar-refractivity contribution in [3.05, 3.63) is 35.2 Å². The first kappa shape index (κ1) is 18.0. The van der Waals surface area contributed by atoms with E-state index in [2.05, 4.69) is 21.9 Å². The van der Waals surface area contributed by atoms with Gasteiger partial charge in [-0.05, 0) is 63.0 Å². The van der Waals surface area contributed by atoms with E-state index >= 15 is 0 Å². The van der Waals surface area contributed by atoms with Crippen LogP contribution in [0.5, 0.6) is 0 Å². The number of carbonyl (C=O) groups is 1. The van der Waals surface area contributed by atoms with E-state index < -0.39 is 0 Å². The van der Waals surface area contributed by atoms with E-state index in [0.29, 0.717) is 0 Å². The van der Waals surface area contributed by atoms with Crippen molar-refractivity contribution >= 4 is 27.3 Å². The van der Waals surface area contributed by atoms with E-state index in [1.165, 1.54) is 61.9 Å². The van der Waals surface area contributed by atoms with Crippen molar-refractivity contribution in [1.29, 1.82) is 0 Å². The van der Waals surface area contributed by atoms with Crippen molar-refractivity contribution in [2.75, 3.05) is 52.4 Å². The average Bonchev–Trinajstić information content (AvgIpc) is 3.13. The largest absolute Gasteiger partial charge is 0.335 e. The number of amides is 1. The predicted molar refractivity (Wildman–Crippen MR) is 109 cm³/mol. The summed E-state index contributed by atoms with van der Waals surface area (Å²) in [4.78, 5) is 20.9. The molecule has 1 aromatic carbocycles. The van der Waals surface area contributed by atoms with Crippen molar-refractivity contribution < 1.29 is 4.79 Å². The van der Waals surface area contributed by atoms with Crippen LogP contribution in [0.4, 0.5) is 0 Å². The second kappa shape index (κ2) is 8.51. The van der Waals surface area contributed by atoms with Crippen LogP contribution in [0.25, 0.3) is 10.1 Å². The van der Waals surface area contributed by atoms with Gasteiger partial charge in [0.2, 0.25) is 0 Å². The molecular weight excluding hydrogens is 342 g/mol. The third-order valence-corrected chi connectivity index (χ3v) is 6.80. The number of hydrogen-bond donors (Lipinski definition) is 0. The fraction of sp³-hybridized carbons (Fsp3) is 0.571. The van der Waals surface area contributed by atoms with Crippen LogP contribution >= 0.6 is 11.3 Å². The van der Waals surface area contributed by atoms with Gasteiger partial charge in [-0.1, -0.05) is 24.6 Å².